The summed E-state index contributed by atoms with van der Waals surface area (Å²) in [6, 6.07) is 30.5. The van der Waals surface area contributed by atoms with Gasteiger partial charge in [-0.25, -0.2) is 0 Å². The standard InChI is InChI=1S/C50H53N3O8/c1-3-26-58-50-46(53(2)49(57)37-20-18-34(31-51)19-21-37)30-44(52-59-33-35-12-5-4-6-13-35)42-28-38(15-7-9-24-54)41(17-8-10-25-55)47(48(42)50)43-29-40(22-23-45(43)61-50)60-39-16-11-14-36(27-39)32-56/h3-6,11-14,16,18-23,27-29,32,38,41,46-48,54-55H,1,7-10,15,17,24-26,30,33H2,2H3/t38-,41+,46-,47+,48+,50+/m0/s1. The number of benzene rings is 4. The number of hydrogen-bond acceptors (Lipinski definition) is 10. The van der Waals surface area contributed by atoms with Crippen molar-refractivity contribution >= 4 is 17.9 Å². The minimum Gasteiger partial charge on any atom is -0.459 e. The predicted molar refractivity (Wildman–Crippen MR) is 231 cm³/mol. The van der Waals surface area contributed by atoms with Crippen molar-refractivity contribution in [3.05, 3.63) is 149 Å². The summed E-state index contributed by atoms with van der Waals surface area (Å²) < 4.78 is 20.7. The molecule has 3 aliphatic rings. The smallest absolute Gasteiger partial charge is 0.254 e. The van der Waals surface area contributed by atoms with E-state index in [1.807, 2.05) is 48.5 Å². The number of oxime groups is 1. The lowest BCUT2D eigenvalue weighted by molar-refractivity contribution is -0.252. The lowest BCUT2D eigenvalue weighted by atomic mass is 9.55. The largest absolute Gasteiger partial charge is 0.459 e. The van der Waals surface area contributed by atoms with Crippen LogP contribution in [0.2, 0.25) is 0 Å². The maximum atomic E-state index is 14.6. The van der Waals surface area contributed by atoms with E-state index in [-0.39, 0.29) is 56.5 Å². The molecule has 7 rings (SSSR count). The van der Waals surface area contributed by atoms with Gasteiger partial charge in [0.25, 0.3) is 5.91 Å². The van der Waals surface area contributed by atoms with Gasteiger partial charge < -0.3 is 34.2 Å². The first-order valence-electron chi connectivity index (χ1n) is 21.1. The zero-order valence-corrected chi connectivity index (χ0v) is 34.5. The van der Waals surface area contributed by atoms with Gasteiger partial charge in [-0.1, -0.05) is 72.6 Å². The highest BCUT2D eigenvalue weighted by atomic mass is 16.7. The molecule has 0 aromatic heterocycles. The fourth-order valence-corrected chi connectivity index (χ4v) is 9.37. The van der Waals surface area contributed by atoms with Crippen molar-refractivity contribution in [3.8, 4) is 23.3 Å². The van der Waals surface area contributed by atoms with Gasteiger partial charge in [0.1, 0.15) is 36.2 Å². The predicted octanol–water partition coefficient (Wildman–Crippen LogP) is 8.77. The van der Waals surface area contributed by atoms with Crippen LogP contribution in [0, 0.1) is 29.1 Å². The van der Waals surface area contributed by atoms with Gasteiger partial charge in [-0.05, 0) is 103 Å². The third-order valence-corrected chi connectivity index (χ3v) is 12.2. The highest BCUT2D eigenvalue weighted by Crippen LogP contribution is 2.62. The average molecular weight is 824 g/mol. The fraction of sp³-hybridized carbons (Fsp3) is 0.360. The second-order valence-electron chi connectivity index (χ2n) is 15.9. The summed E-state index contributed by atoms with van der Waals surface area (Å²) in [7, 11) is 1.75. The summed E-state index contributed by atoms with van der Waals surface area (Å²) in [6.45, 7) is 4.53. The van der Waals surface area contributed by atoms with Crippen LogP contribution in [0.5, 0.6) is 17.2 Å². The molecule has 2 N–H and O–H groups in total. The Hall–Kier alpha value is -6.06. The van der Waals surface area contributed by atoms with E-state index in [1.165, 1.54) is 0 Å². The first kappa shape index (κ1) is 43.0. The number of nitriles is 1. The topological polar surface area (TPSA) is 151 Å². The number of amides is 1. The number of ether oxygens (including phenoxy) is 3. The van der Waals surface area contributed by atoms with E-state index in [1.54, 1.807) is 66.6 Å². The molecule has 0 saturated heterocycles. The third-order valence-electron chi connectivity index (χ3n) is 12.2. The molecule has 4 aromatic carbocycles. The number of aldehydes is 1. The summed E-state index contributed by atoms with van der Waals surface area (Å²) in [4.78, 5) is 34.1. The van der Waals surface area contributed by atoms with Gasteiger partial charge in [0.05, 0.1) is 29.9 Å². The van der Waals surface area contributed by atoms with E-state index >= 15 is 0 Å². The van der Waals surface area contributed by atoms with Crippen LogP contribution < -0.4 is 9.47 Å². The lowest BCUT2D eigenvalue weighted by Gasteiger charge is -2.59. The Balaban J connectivity index is 1.42. The number of carbonyl (C=O) groups excluding carboxylic acids is 2. The number of unbranched alkanes of at least 4 members (excludes halogenated alkanes) is 2. The number of hydrogen-bond donors (Lipinski definition) is 2. The van der Waals surface area contributed by atoms with E-state index in [0.717, 1.165) is 48.7 Å². The molecule has 0 spiro atoms. The summed E-state index contributed by atoms with van der Waals surface area (Å²) in [5.74, 6) is -0.733. The number of nitrogens with zero attached hydrogens (tertiary/aromatic N) is 3. The van der Waals surface area contributed by atoms with Crippen LogP contribution in [0.3, 0.4) is 0 Å². The second-order valence-corrected chi connectivity index (χ2v) is 15.9. The zero-order valence-electron chi connectivity index (χ0n) is 34.5. The normalized spacial score (nSPS) is 23.0. The Kier molecular flexibility index (Phi) is 14.1. The van der Waals surface area contributed by atoms with Crippen LogP contribution in [-0.4, -0.2) is 71.7 Å². The van der Waals surface area contributed by atoms with Crippen molar-refractivity contribution < 1.29 is 38.9 Å². The van der Waals surface area contributed by atoms with Crippen molar-refractivity contribution in [1.29, 1.82) is 5.26 Å². The van der Waals surface area contributed by atoms with Gasteiger partial charge >= 0.3 is 0 Å². The second kappa shape index (κ2) is 20.0. The van der Waals surface area contributed by atoms with Crippen molar-refractivity contribution in [2.75, 3.05) is 26.9 Å². The maximum Gasteiger partial charge on any atom is 0.254 e. The van der Waals surface area contributed by atoms with E-state index in [0.29, 0.717) is 52.5 Å². The highest BCUT2D eigenvalue weighted by molar-refractivity contribution is 6.03. The maximum absolute atomic E-state index is 14.6. The lowest BCUT2D eigenvalue weighted by Crippen LogP contribution is -2.69. The Bertz CT molecular complexity index is 2270. The van der Waals surface area contributed by atoms with E-state index in [4.69, 9.17) is 24.2 Å². The average Bonchev–Trinajstić information content (AvgIpc) is 3.29. The molecular weight excluding hydrogens is 771 g/mol. The first-order chi connectivity index (χ1) is 29.8. The minimum absolute atomic E-state index is 0.0201. The Morgan fingerprint density at radius 3 is 2.44 bits per heavy atom. The monoisotopic (exact) mass is 823 g/mol. The van der Waals surface area contributed by atoms with Gasteiger partial charge in [-0.2, -0.15) is 5.26 Å². The van der Waals surface area contributed by atoms with Crippen LogP contribution in [0.4, 0.5) is 0 Å². The zero-order chi connectivity index (χ0) is 42.8. The number of carbonyl (C=O) groups is 2. The molecule has 1 heterocycles. The summed E-state index contributed by atoms with van der Waals surface area (Å²) >= 11 is 0. The third kappa shape index (κ3) is 9.32. The van der Waals surface area contributed by atoms with Crippen LogP contribution >= 0.6 is 0 Å². The van der Waals surface area contributed by atoms with Crippen molar-refractivity contribution in [3.63, 3.8) is 0 Å². The van der Waals surface area contributed by atoms with E-state index < -0.39 is 17.7 Å². The number of aliphatic hydroxyl groups excluding tert-OH is 2. The van der Waals surface area contributed by atoms with Crippen LogP contribution in [0.15, 0.2) is 127 Å². The Morgan fingerprint density at radius 2 is 1.72 bits per heavy atom. The molecule has 1 saturated carbocycles. The summed E-state index contributed by atoms with van der Waals surface area (Å²) in [5, 5.41) is 34.2. The molecule has 0 bridgehead atoms. The number of aliphatic hydroxyl groups is 2. The molecule has 1 amide bonds. The van der Waals surface area contributed by atoms with E-state index in [9.17, 15) is 25.1 Å². The molecular formula is C50H53N3O8. The van der Waals surface area contributed by atoms with Gasteiger partial charge in [-0.3, -0.25) is 9.59 Å². The number of likely N-dealkylation sites (N-methyl/N-ethyl adjacent to an activating group) is 1. The summed E-state index contributed by atoms with van der Waals surface area (Å²) in [5.41, 5.74) is 4.81. The molecule has 0 radical (unpaired) electrons. The molecule has 2 aliphatic carbocycles. The molecule has 1 fully saturated rings. The SMILES string of the molecule is C=CCO[C@@]12Oc3ccc(Oc4cccc(C=O)c4)cc3[C@H]3[C@H](CCCCO)[C@@H](CCCCO)C=C(C(=NOCc4ccccc4)C[C@@H]1N(C)C(=O)c1ccc(C#N)cc1)[C@H]32. The number of fused-ring (bicyclic) bond motifs is 2. The quantitative estimate of drug-likeness (QED) is 0.0409. The first-order valence-corrected chi connectivity index (χ1v) is 21.1. The number of rotatable bonds is 19. The fourth-order valence-electron chi connectivity index (χ4n) is 9.37. The summed E-state index contributed by atoms with van der Waals surface area (Å²) in [6.07, 6.45) is 9.46. The molecule has 1 aliphatic heterocycles. The van der Waals surface area contributed by atoms with Gasteiger partial charge in [0.15, 0.2) is 0 Å². The molecule has 316 valence electrons. The Morgan fingerprint density at radius 1 is 0.967 bits per heavy atom. The van der Waals surface area contributed by atoms with Crippen molar-refractivity contribution in [2.45, 2.75) is 69.3 Å². The van der Waals surface area contributed by atoms with Crippen molar-refractivity contribution in [1.82, 2.24) is 4.90 Å². The number of allylic oxidation sites excluding steroid dienone is 1. The van der Waals surface area contributed by atoms with Crippen LogP contribution in [0.25, 0.3) is 0 Å². The molecule has 11 heteroatoms. The molecule has 61 heavy (non-hydrogen) atoms. The van der Waals surface area contributed by atoms with Gasteiger partial charge in [-0.15, -0.1) is 6.58 Å². The molecule has 4 aromatic rings. The molecule has 11 nitrogen and oxygen atoms in total. The van der Waals surface area contributed by atoms with Crippen LogP contribution in [0.1, 0.15) is 88.3 Å². The van der Waals surface area contributed by atoms with Crippen molar-refractivity contribution in [2.24, 2.45) is 22.9 Å². The Labute approximate surface area is 357 Å². The molecule has 6 atom stereocenters. The highest BCUT2D eigenvalue weighted by Gasteiger charge is 2.65. The van der Waals surface area contributed by atoms with Crippen LogP contribution in [-0.2, 0) is 16.2 Å². The van der Waals surface area contributed by atoms with E-state index in [2.05, 4.69) is 18.7 Å². The van der Waals surface area contributed by atoms with Gasteiger partial charge in [0.2, 0.25) is 5.79 Å². The van der Waals surface area contributed by atoms with Gasteiger partial charge in [0, 0.05) is 49.3 Å². The minimum atomic E-state index is -1.43. The molecule has 0 unspecified atom stereocenters.